The zero-order valence-corrected chi connectivity index (χ0v) is 22.7. The van der Waals surface area contributed by atoms with Crippen LogP contribution in [0.3, 0.4) is 0 Å². The lowest BCUT2D eigenvalue weighted by atomic mass is 9.93. The quantitative estimate of drug-likeness (QED) is 0.311. The molecule has 6 rings (SSSR count). The predicted molar refractivity (Wildman–Crippen MR) is 150 cm³/mol. The van der Waals surface area contributed by atoms with Crippen molar-refractivity contribution in [3.63, 3.8) is 0 Å². The second kappa shape index (κ2) is 11.0. The van der Waals surface area contributed by atoms with Gasteiger partial charge in [0.1, 0.15) is 11.6 Å². The molecule has 198 valence electrons. The zero-order valence-electron chi connectivity index (χ0n) is 21.9. The molecule has 2 aliphatic rings. The normalized spacial score (nSPS) is 16.7. The lowest BCUT2D eigenvalue weighted by Gasteiger charge is -2.32. The number of fused-ring (bicyclic) bond motifs is 2. The van der Waals surface area contributed by atoms with E-state index in [2.05, 4.69) is 27.7 Å². The van der Waals surface area contributed by atoms with Gasteiger partial charge in [-0.2, -0.15) is 0 Å². The topological polar surface area (TPSA) is 56.0 Å². The molecule has 0 atom stereocenters. The van der Waals surface area contributed by atoms with Gasteiger partial charge in [0.2, 0.25) is 0 Å². The zero-order chi connectivity index (χ0) is 26.1. The van der Waals surface area contributed by atoms with Gasteiger partial charge in [-0.3, -0.25) is 9.36 Å². The number of nitrogens with zero attached hydrogens (tertiary/aromatic N) is 5. The summed E-state index contributed by atoms with van der Waals surface area (Å²) in [6, 6.07) is 15.0. The maximum Gasteiger partial charge on any atom is 0.257 e. The molecule has 8 heteroatoms. The van der Waals surface area contributed by atoms with Crippen LogP contribution in [-0.2, 0) is 25.9 Å². The van der Waals surface area contributed by atoms with Crippen LogP contribution in [0.25, 0.3) is 11.0 Å². The van der Waals surface area contributed by atoms with Crippen LogP contribution in [0, 0.1) is 18.7 Å². The second-order valence-corrected chi connectivity index (χ2v) is 11.6. The number of aromatic nitrogens is 4. The summed E-state index contributed by atoms with van der Waals surface area (Å²) in [5.41, 5.74) is 5.16. The average Bonchev–Trinajstić information content (AvgIpc) is 3.27. The summed E-state index contributed by atoms with van der Waals surface area (Å²) in [4.78, 5) is 25.3. The van der Waals surface area contributed by atoms with Gasteiger partial charge in [-0.25, -0.2) is 14.4 Å². The van der Waals surface area contributed by atoms with E-state index in [1.165, 1.54) is 12.1 Å². The second-order valence-electron chi connectivity index (χ2n) is 10.6. The van der Waals surface area contributed by atoms with Crippen LogP contribution in [0.5, 0.6) is 0 Å². The maximum atomic E-state index is 13.5. The molecular weight excluding hydrogens is 497 g/mol. The van der Waals surface area contributed by atoms with Crippen molar-refractivity contribution in [1.82, 2.24) is 24.0 Å². The van der Waals surface area contributed by atoms with E-state index in [4.69, 9.17) is 9.97 Å². The standard InChI is InChI=1S/C30H34FN5OS/c1-21-25(29(37)35-14-4-18-38-30(35)32-21)13-17-34-15-11-22(12-16-34)19-28-33-26-5-2-3-6-27(26)36(28)20-23-7-9-24(31)10-8-23/h2-3,5-10,22H,4,11-20H2,1H3. The Morgan fingerprint density at radius 1 is 1.03 bits per heavy atom. The highest BCUT2D eigenvalue weighted by molar-refractivity contribution is 7.99. The SMILES string of the molecule is Cc1nc2n(c(=O)c1CCN1CCC(Cc3nc4ccccc4n3Cc3ccc(F)cc3)CC1)CCCS2. The van der Waals surface area contributed by atoms with Crippen LogP contribution in [0.1, 0.15) is 41.9 Å². The molecule has 4 aromatic rings. The van der Waals surface area contributed by atoms with Gasteiger partial charge in [0.25, 0.3) is 5.56 Å². The van der Waals surface area contributed by atoms with Gasteiger partial charge >= 0.3 is 0 Å². The van der Waals surface area contributed by atoms with Crippen LogP contribution >= 0.6 is 11.8 Å². The fourth-order valence-corrected chi connectivity index (χ4v) is 6.82. The van der Waals surface area contributed by atoms with Crippen LogP contribution in [0.2, 0.25) is 0 Å². The Labute approximate surface area is 226 Å². The van der Waals surface area contributed by atoms with E-state index in [1.54, 1.807) is 11.8 Å². The van der Waals surface area contributed by atoms with Gasteiger partial charge in [-0.15, -0.1) is 0 Å². The molecule has 2 aromatic carbocycles. The molecule has 1 fully saturated rings. The van der Waals surface area contributed by atoms with E-state index in [9.17, 15) is 9.18 Å². The van der Waals surface area contributed by atoms with E-state index in [1.807, 2.05) is 29.7 Å². The van der Waals surface area contributed by atoms with Crippen LogP contribution in [0.15, 0.2) is 58.5 Å². The number of hydrogen-bond acceptors (Lipinski definition) is 5. The van der Waals surface area contributed by atoms with Crippen molar-refractivity contribution in [1.29, 1.82) is 0 Å². The molecule has 0 aliphatic carbocycles. The Kier molecular flexibility index (Phi) is 7.34. The van der Waals surface area contributed by atoms with E-state index >= 15 is 0 Å². The molecule has 0 spiro atoms. The average molecular weight is 532 g/mol. The molecule has 0 bridgehead atoms. The number of halogens is 1. The summed E-state index contributed by atoms with van der Waals surface area (Å²) in [6.45, 7) is 6.45. The highest BCUT2D eigenvalue weighted by Crippen LogP contribution is 2.26. The van der Waals surface area contributed by atoms with Crippen molar-refractivity contribution in [2.45, 2.75) is 57.3 Å². The Morgan fingerprint density at radius 3 is 2.63 bits per heavy atom. The molecule has 2 aromatic heterocycles. The molecule has 0 saturated carbocycles. The Hall–Kier alpha value is -2.97. The van der Waals surface area contributed by atoms with Crippen molar-refractivity contribution < 1.29 is 4.39 Å². The summed E-state index contributed by atoms with van der Waals surface area (Å²) in [5.74, 6) is 2.52. The van der Waals surface area contributed by atoms with E-state index in [0.717, 1.165) is 103 Å². The third kappa shape index (κ3) is 5.29. The lowest BCUT2D eigenvalue weighted by Crippen LogP contribution is -2.37. The number of benzene rings is 2. The molecule has 0 N–H and O–H groups in total. The smallest absolute Gasteiger partial charge is 0.257 e. The minimum absolute atomic E-state index is 0.162. The summed E-state index contributed by atoms with van der Waals surface area (Å²) in [7, 11) is 0. The Morgan fingerprint density at radius 2 is 1.82 bits per heavy atom. The highest BCUT2D eigenvalue weighted by atomic mass is 32.2. The summed E-state index contributed by atoms with van der Waals surface area (Å²) in [6.07, 6.45) is 4.98. The number of para-hydroxylation sites is 2. The first kappa shape index (κ1) is 25.3. The largest absolute Gasteiger partial charge is 0.323 e. The molecule has 6 nitrogen and oxygen atoms in total. The van der Waals surface area contributed by atoms with Gasteiger partial charge in [0.05, 0.1) is 11.0 Å². The number of rotatable bonds is 7. The van der Waals surface area contributed by atoms with Crippen LogP contribution < -0.4 is 5.56 Å². The molecule has 0 radical (unpaired) electrons. The van der Waals surface area contributed by atoms with Gasteiger partial charge < -0.3 is 9.47 Å². The number of imidazole rings is 1. The van der Waals surface area contributed by atoms with Crippen molar-refractivity contribution >= 4 is 22.8 Å². The number of likely N-dealkylation sites (tertiary alicyclic amines) is 1. The summed E-state index contributed by atoms with van der Waals surface area (Å²) >= 11 is 1.70. The van der Waals surface area contributed by atoms with Crippen molar-refractivity contribution in [3.05, 3.63) is 87.3 Å². The lowest BCUT2D eigenvalue weighted by molar-refractivity contribution is 0.184. The van der Waals surface area contributed by atoms with Crippen molar-refractivity contribution in [3.8, 4) is 0 Å². The van der Waals surface area contributed by atoms with Gasteiger partial charge in [-0.05, 0) is 81.4 Å². The van der Waals surface area contributed by atoms with Gasteiger partial charge in [0.15, 0.2) is 5.16 Å². The van der Waals surface area contributed by atoms with E-state index < -0.39 is 0 Å². The maximum absolute atomic E-state index is 13.5. The molecule has 0 unspecified atom stereocenters. The monoisotopic (exact) mass is 531 g/mol. The fourth-order valence-electron chi connectivity index (χ4n) is 5.83. The minimum atomic E-state index is -0.210. The number of thioether (sulfide) groups is 1. The first-order valence-corrected chi connectivity index (χ1v) is 14.7. The molecule has 0 amide bonds. The fraction of sp³-hybridized carbons (Fsp3) is 0.433. The minimum Gasteiger partial charge on any atom is -0.323 e. The van der Waals surface area contributed by atoms with Gasteiger partial charge in [0, 0.05) is 43.1 Å². The highest BCUT2D eigenvalue weighted by Gasteiger charge is 2.23. The van der Waals surface area contributed by atoms with E-state index in [-0.39, 0.29) is 11.4 Å². The Balaban J connectivity index is 1.10. The number of aryl methyl sites for hydroxylation is 1. The first-order chi connectivity index (χ1) is 18.5. The predicted octanol–water partition coefficient (Wildman–Crippen LogP) is 5.08. The molecule has 1 saturated heterocycles. The third-order valence-corrected chi connectivity index (χ3v) is 9.10. The molecule has 4 heterocycles. The van der Waals surface area contributed by atoms with Crippen molar-refractivity contribution in [2.75, 3.05) is 25.4 Å². The number of hydrogen-bond donors (Lipinski definition) is 0. The third-order valence-electron chi connectivity index (χ3n) is 8.04. The summed E-state index contributed by atoms with van der Waals surface area (Å²) in [5, 5.41) is 0.883. The van der Waals surface area contributed by atoms with Gasteiger partial charge in [-0.1, -0.05) is 36.0 Å². The van der Waals surface area contributed by atoms with E-state index in [0.29, 0.717) is 12.5 Å². The first-order valence-electron chi connectivity index (χ1n) is 13.7. The van der Waals surface area contributed by atoms with Crippen LogP contribution in [0.4, 0.5) is 4.39 Å². The molecule has 2 aliphatic heterocycles. The van der Waals surface area contributed by atoms with Crippen molar-refractivity contribution in [2.24, 2.45) is 5.92 Å². The Bertz CT molecular complexity index is 1490. The molecule has 38 heavy (non-hydrogen) atoms. The summed E-state index contributed by atoms with van der Waals surface area (Å²) < 4.78 is 17.6. The molecular formula is C30H34FN5OS. The van der Waals surface area contributed by atoms with Crippen LogP contribution in [-0.4, -0.2) is 49.4 Å². The number of piperidine rings is 1.